The summed E-state index contributed by atoms with van der Waals surface area (Å²) in [6, 6.07) is 12.6. The first-order valence-corrected chi connectivity index (χ1v) is 8.58. The highest BCUT2D eigenvalue weighted by molar-refractivity contribution is 6.32. The number of hydrogen-bond donors (Lipinski definition) is 0. The monoisotopic (exact) mass is 389 g/mol. The molecule has 0 saturated heterocycles. The number of hydrogen-bond acceptors (Lipinski definition) is 6. The van der Waals surface area contributed by atoms with Crippen LogP contribution in [0.25, 0.3) is 5.69 Å². The minimum Gasteiger partial charge on any atom is -0.497 e. The largest absolute Gasteiger partial charge is 0.497 e. The lowest BCUT2D eigenvalue weighted by Gasteiger charge is -2.18. The summed E-state index contributed by atoms with van der Waals surface area (Å²) in [7, 11) is 5.10. The van der Waals surface area contributed by atoms with Crippen molar-refractivity contribution in [1.29, 1.82) is 0 Å². The van der Waals surface area contributed by atoms with Gasteiger partial charge in [0.2, 0.25) is 0 Å². The third-order valence-corrected chi connectivity index (χ3v) is 4.35. The fourth-order valence-electron chi connectivity index (χ4n) is 2.69. The molecular weight excluding hydrogens is 370 g/mol. The number of benzene rings is 2. The third-order valence-electron chi connectivity index (χ3n) is 4.03. The van der Waals surface area contributed by atoms with E-state index in [4.69, 9.17) is 21.1 Å². The van der Waals surface area contributed by atoms with Crippen LogP contribution in [-0.2, 0) is 13.2 Å². The second kappa shape index (κ2) is 8.24. The van der Waals surface area contributed by atoms with Crippen molar-refractivity contribution in [3.63, 3.8) is 0 Å². The lowest BCUT2D eigenvalue weighted by atomic mass is 10.2. The Kier molecular flexibility index (Phi) is 5.78. The number of methoxy groups -OCH3 is 2. The van der Waals surface area contributed by atoms with Crippen LogP contribution < -0.4 is 15.2 Å². The smallest absolute Gasteiger partial charge is 0.369 e. The van der Waals surface area contributed by atoms with E-state index in [1.54, 1.807) is 38.5 Å². The van der Waals surface area contributed by atoms with E-state index in [9.17, 15) is 4.79 Å². The maximum Gasteiger partial charge on any atom is 0.369 e. The Bertz CT molecular complexity index is 985. The van der Waals surface area contributed by atoms with E-state index >= 15 is 0 Å². The van der Waals surface area contributed by atoms with Crippen LogP contribution in [0.3, 0.4) is 0 Å². The molecule has 0 N–H and O–H groups in total. The van der Waals surface area contributed by atoms with Crippen LogP contribution in [0, 0.1) is 0 Å². The second-order valence-electron chi connectivity index (χ2n) is 5.96. The Labute approximate surface area is 161 Å². The number of tetrazole rings is 1. The summed E-state index contributed by atoms with van der Waals surface area (Å²) < 4.78 is 13.1. The van der Waals surface area contributed by atoms with Crippen molar-refractivity contribution in [2.45, 2.75) is 13.2 Å². The molecule has 3 aromatic rings. The predicted molar refractivity (Wildman–Crippen MR) is 102 cm³/mol. The minimum absolute atomic E-state index is 0.262. The summed E-state index contributed by atoms with van der Waals surface area (Å²) in [6.45, 7) is 0.816. The number of ether oxygens (including phenoxy) is 2. The van der Waals surface area contributed by atoms with Gasteiger partial charge in [0.05, 0.1) is 24.9 Å². The van der Waals surface area contributed by atoms with Crippen molar-refractivity contribution < 1.29 is 9.47 Å². The second-order valence-corrected chi connectivity index (χ2v) is 6.36. The van der Waals surface area contributed by atoms with Gasteiger partial charge >= 0.3 is 5.69 Å². The first kappa shape index (κ1) is 18.9. The van der Waals surface area contributed by atoms with Gasteiger partial charge in [0.15, 0.2) is 0 Å². The van der Waals surface area contributed by atoms with Crippen LogP contribution >= 0.6 is 11.6 Å². The van der Waals surface area contributed by atoms with Gasteiger partial charge in [0.25, 0.3) is 0 Å². The number of aromatic nitrogens is 4. The van der Waals surface area contributed by atoms with E-state index in [0.717, 1.165) is 11.3 Å². The quantitative estimate of drug-likeness (QED) is 0.616. The van der Waals surface area contributed by atoms with Gasteiger partial charge in [-0.2, -0.15) is 9.36 Å². The van der Waals surface area contributed by atoms with Crippen LogP contribution in [0.15, 0.2) is 47.3 Å². The topological polar surface area (TPSA) is 74.4 Å². The summed E-state index contributed by atoms with van der Waals surface area (Å²) in [5.74, 6) is 1.44. The summed E-state index contributed by atoms with van der Waals surface area (Å²) in [6.07, 6.45) is 0. The van der Waals surface area contributed by atoms with Gasteiger partial charge in [-0.15, -0.1) is 0 Å². The Morgan fingerprint density at radius 2 is 1.89 bits per heavy atom. The highest BCUT2D eigenvalue weighted by Gasteiger charge is 2.14. The molecule has 0 saturated carbocycles. The van der Waals surface area contributed by atoms with E-state index in [0.29, 0.717) is 23.0 Å². The molecule has 9 heteroatoms. The molecule has 0 radical (unpaired) electrons. The average molecular weight is 390 g/mol. The molecule has 0 bridgehead atoms. The van der Waals surface area contributed by atoms with Gasteiger partial charge < -0.3 is 9.47 Å². The highest BCUT2D eigenvalue weighted by atomic mass is 35.5. The summed E-state index contributed by atoms with van der Waals surface area (Å²) in [5.41, 5.74) is 1.10. The Hall–Kier alpha value is -2.84. The van der Waals surface area contributed by atoms with Crippen LogP contribution in [0.1, 0.15) is 5.56 Å². The van der Waals surface area contributed by atoms with Gasteiger partial charge in [-0.25, -0.2) is 4.79 Å². The summed E-state index contributed by atoms with van der Waals surface area (Å²) in [4.78, 5) is 14.5. The highest BCUT2D eigenvalue weighted by Crippen LogP contribution is 2.25. The number of rotatable bonds is 7. The van der Waals surface area contributed by atoms with E-state index in [1.165, 1.54) is 9.36 Å². The molecule has 142 valence electrons. The molecule has 0 atom stereocenters. The van der Waals surface area contributed by atoms with Crippen molar-refractivity contribution in [2.24, 2.45) is 0 Å². The maximum atomic E-state index is 12.6. The molecule has 0 aliphatic rings. The van der Waals surface area contributed by atoms with Crippen LogP contribution in [-0.4, -0.2) is 46.0 Å². The van der Waals surface area contributed by atoms with Crippen LogP contribution in [0.2, 0.25) is 5.02 Å². The van der Waals surface area contributed by atoms with Gasteiger partial charge in [-0.1, -0.05) is 29.8 Å². The standard InChI is InChI=1S/C18H20ClN5O3/c1-22(11-13-8-9-14(26-2)10-17(13)27-3)12-23-18(25)24(21-20-23)16-7-5-4-6-15(16)19/h4-10H,11-12H2,1-3H3. The van der Waals surface area contributed by atoms with Gasteiger partial charge in [0.1, 0.15) is 18.2 Å². The molecule has 0 aliphatic heterocycles. The molecule has 8 nitrogen and oxygen atoms in total. The maximum absolute atomic E-state index is 12.6. The molecule has 0 amide bonds. The SMILES string of the molecule is COc1ccc(CN(C)Cn2nnn(-c3ccccc3Cl)c2=O)c(OC)c1. The zero-order valence-corrected chi connectivity index (χ0v) is 16.1. The van der Waals surface area contributed by atoms with Crippen LogP contribution in [0.5, 0.6) is 11.5 Å². The average Bonchev–Trinajstić information content (AvgIpc) is 3.02. The summed E-state index contributed by atoms with van der Waals surface area (Å²) in [5, 5.41) is 8.31. The zero-order chi connectivity index (χ0) is 19.4. The Balaban J connectivity index is 1.77. The molecule has 0 spiro atoms. The first-order chi connectivity index (χ1) is 13.0. The van der Waals surface area contributed by atoms with E-state index < -0.39 is 0 Å². The predicted octanol–water partition coefficient (Wildman–Crippen LogP) is 2.19. The molecule has 3 rings (SSSR count). The van der Waals surface area contributed by atoms with Gasteiger partial charge in [0, 0.05) is 18.2 Å². The molecule has 27 heavy (non-hydrogen) atoms. The molecule has 1 aromatic heterocycles. The van der Waals surface area contributed by atoms with Crippen molar-refractivity contribution in [2.75, 3.05) is 21.3 Å². The Morgan fingerprint density at radius 3 is 2.59 bits per heavy atom. The normalized spacial score (nSPS) is 11.0. The lowest BCUT2D eigenvalue weighted by Crippen LogP contribution is -2.31. The van der Waals surface area contributed by atoms with Crippen LogP contribution in [0.4, 0.5) is 0 Å². The molecule has 0 fully saturated rings. The number of para-hydroxylation sites is 1. The summed E-state index contributed by atoms with van der Waals surface area (Å²) >= 11 is 6.14. The minimum atomic E-state index is -0.364. The third kappa shape index (κ3) is 4.12. The molecular formula is C18H20ClN5O3. The van der Waals surface area contributed by atoms with E-state index in [2.05, 4.69) is 10.4 Å². The molecule has 0 unspecified atom stereocenters. The molecule has 0 aliphatic carbocycles. The van der Waals surface area contributed by atoms with Crippen molar-refractivity contribution in [1.82, 2.24) is 24.7 Å². The number of nitrogens with zero attached hydrogens (tertiary/aromatic N) is 5. The van der Waals surface area contributed by atoms with Gasteiger partial charge in [-0.3, -0.25) is 4.90 Å². The molecule has 1 heterocycles. The molecule has 2 aromatic carbocycles. The van der Waals surface area contributed by atoms with E-state index in [-0.39, 0.29) is 12.4 Å². The van der Waals surface area contributed by atoms with Crippen molar-refractivity contribution in [3.05, 3.63) is 63.5 Å². The number of halogens is 1. The zero-order valence-electron chi connectivity index (χ0n) is 15.3. The first-order valence-electron chi connectivity index (χ1n) is 8.20. The lowest BCUT2D eigenvalue weighted by molar-refractivity contribution is 0.236. The van der Waals surface area contributed by atoms with Crippen molar-refractivity contribution in [3.8, 4) is 17.2 Å². The fraction of sp³-hybridized carbons (Fsp3) is 0.278. The van der Waals surface area contributed by atoms with Gasteiger partial charge in [-0.05, 0) is 35.7 Å². The fourth-order valence-corrected chi connectivity index (χ4v) is 2.91. The Morgan fingerprint density at radius 1 is 1.11 bits per heavy atom. The van der Waals surface area contributed by atoms with E-state index in [1.807, 2.05) is 30.1 Å². The van der Waals surface area contributed by atoms with Crippen molar-refractivity contribution >= 4 is 11.6 Å².